The predicted octanol–water partition coefficient (Wildman–Crippen LogP) is 27.8. The van der Waals surface area contributed by atoms with Gasteiger partial charge in [0.15, 0.2) is 28.2 Å². The molecule has 0 bridgehead atoms. The van der Waals surface area contributed by atoms with Crippen molar-refractivity contribution in [2.24, 2.45) is 114 Å². The lowest BCUT2D eigenvalue weighted by atomic mass is 9.51. The number of hydrogen-bond acceptors (Lipinski definition) is 20. The Morgan fingerprint density at radius 1 is 0.381 bits per heavy atom. The topological polar surface area (TPSA) is 246 Å². The molecule has 20 nitrogen and oxygen atoms in total. The van der Waals surface area contributed by atoms with Gasteiger partial charge in [0, 0.05) is 123 Å². The number of esters is 4. The summed E-state index contributed by atoms with van der Waals surface area (Å²) in [4.78, 5) is 62.2. The van der Waals surface area contributed by atoms with Crippen LogP contribution in [0, 0.1) is 114 Å². The van der Waals surface area contributed by atoms with Gasteiger partial charge >= 0.3 is 23.9 Å². The highest BCUT2D eigenvalue weighted by molar-refractivity contribution is 6.74. The van der Waals surface area contributed by atoms with Crippen LogP contribution >= 0.6 is 0 Å². The zero-order chi connectivity index (χ0) is 107. The normalized spacial score (nSPS) is 38.1. The average Bonchev–Trinajstić information content (AvgIpc) is 1.57. The van der Waals surface area contributed by atoms with Gasteiger partial charge in [0.1, 0.15) is 47.4 Å². The van der Waals surface area contributed by atoms with Crippen molar-refractivity contribution in [1.82, 2.24) is 0 Å². The van der Waals surface area contributed by atoms with E-state index < -0.39 is 28.2 Å². The summed E-state index contributed by atoms with van der Waals surface area (Å²) < 4.78 is 80.8. The molecule has 147 heavy (non-hydrogen) atoms. The van der Waals surface area contributed by atoms with E-state index in [1.165, 1.54) is 18.1 Å². The molecule has 2 spiro atoms. The minimum Gasteiger partial charge on any atom is -0.494 e. The highest BCUT2D eigenvalue weighted by Gasteiger charge is 2.71. The third-order valence-corrected chi connectivity index (χ3v) is 51.2. The van der Waals surface area contributed by atoms with Crippen LogP contribution in [0.2, 0.25) is 36.3 Å². The van der Waals surface area contributed by atoms with Gasteiger partial charge < -0.3 is 71.2 Å². The molecule has 28 atom stereocenters. The summed E-state index contributed by atoms with van der Waals surface area (Å²) in [6, 6.07) is 24.6. The number of Topliss-reactive ketones (excluding diaryl/α,β-unsaturated/α-hetero) is 1. The lowest BCUT2D eigenvalue weighted by Crippen LogP contribution is -2.58. The molecule has 2 aliphatic heterocycles. The molecule has 17 rings (SSSR count). The van der Waals surface area contributed by atoms with Crippen LogP contribution < -0.4 is 14.2 Å². The van der Waals surface area contributed by atoms with Crippen molar-refractivity contribution in [1.29, 1.82) is 0 Å². The number of carbonyl (C=O) groups excluding carboxylic acids is 5. The fourth-order valence-electron chi connectivity index (χ4n) is 31.1. The third kappa shape index (κ3) is 24.0. The first kappa shape index (κ1) is 116. The molecule has 14 aliphatic rings. The molecule has 818 valence electrons. The van der Waals surface area contributed by atoms with Gasteiger partial charge in [-0.15, -0.1) is 6.58 Å². The van der Waals surface area contributed by atoms with Crippen LogP contribution in [0.5, 0.6) is 17.2 Å². The lowest BCUT2D eigenvalue weighted by Gasteiger charge is -2.57. The molecule has 2 N–H and O–H groups in total. The number of allylic oxidation sites excluding steroid dienone is 5. The smallest absolute Gasteiger partial charge is 0.302 e. The number of fused-ring (bicyclic) bond motifs is 6. The van der Waals surface area contributed by atoms with Gasteiger partial charge in [0.25, 0.3) is 0 Å². The Kier molecular flexibility index (Phi) is 36.5. The van der Waals surface area contributed by atoms with Crippen molar-refractivity contribution >= 4 is 64.5 Å². The lowest BCUT2D eigenvalue weighted by molar-refractivity contribution is -0.252. The number of ketones is 1. The van der Waals surface area contributed by atoms with Crippen LogP contribution in [0.3, 0.4) is 0 Å². The van der Waals surface area contributed by atoms with E-state index in [0.717, 1.165) is 195 Å². The molecule has 3 aromatic carbocycles. The molecule has 0 aromatic heterocycles. The Morgan fingerprint density at radius 3 is 1.01 bits per heavy atom. The first-order chi connectivity index (χ1) is 69.2. The largest absolute Gasteiger partial charge is 0.494 e. The van der Waals surface area contributed by atoms with Crippen LogP contribution in [0.1, 0.15) is 342 Å². The zero-order valence-electron chi connectivity index (χ0n) is 94.9. The maximum absolute atomic E-state index is 12.8. The number of aliphatic hydroxyl groups excluding tert-OH is 2. The summed E-state index contributed by atoms with van der Waals surface area (Å²) in [7, 11) is -3.76. The number of aliphatic hydroxyl groups is 2. The molecule has 14 fully saturated rings. The minimum atomic E-state index is -1.93. The molecule has 2 saturated heterocycles. The molecule has 12 aliphatic carbocycles. The van der Waals surface area contributed by atoms with Gasteiger partial charge in [-0.05, 0) is 321 Å². The van der Waals surface area contributed by atoms with E-state index >= 15 is 0 Å². The molecular weight excluding hydrogens is 1880 g/mol. The van der Waals surface area contributed by atoms with Gasteiger partial charge in [0.05, 0.1) is 58.5 Å². The van der Waals surface area contributed by atoms with E-state index in [-0.39, 0.29) is 173 Å². The van der Waals surface area contributed by atoms with Crippen molar-refractivity contribution in [3.63, 3.8) is 0 Å². The average molecular weight is 2070 g/mol. The summed E-state index contributed by atoms with van der Waals surface area (Å²) in [6.45, 7) is 67.4. The van der Waals surface area contributed by atoms with E-state index in [1.807, 2.05) is 45.0 Å². The van der Waals surface area contributed by atoms with Crippen LogP contribution in [-0.2, 0) is 70.7 Å². The van der Waals surface area contributed by atoms with Crippen molar-refractivity contribution < 1.29 is 95.1 Å². The first-order valence-corrected chi connectivity index (χ1v) is 63.0. The second-order valence-corrected chi connectivity index (χ2v) is 61.7. The summed E-state index contributed by atoms with van der Waals surface area (Å²) in [6.07, 6.45) is 41.3. The van der Waals surface area contributed by atoms with E-state index in [1.54, 1.807) is 20.8 Å². The summed E-state index contributed by atoms with van der Waals surface area (Å²) in [5.41, 5.74) is 3.96. The minimum absolute atomic E-state index is 0.0314. The van der Waals surface area contributed by atoms with Gasteiger partial charge in [-0.2, -0.15) is 0 Å². The molecular formula is C125H190O20Si2. The Labute approximate surface area is 886 Å². The number of carbonyl (C=O) groups is 5. The highest BCUT2D eigenvalue weighted by Crippen LogP contribution is 2.70. The Bertz CT molecular complexity index is 4920. The van der Waals surface area contributed by atoms with Crippen LogP contribution in [0.15, 0.2) is 116 Å². The quantitative estimate of drug-likeness (QED) is 0.0346. The highest BCUT2D eigenvalue weighted by atomic mass is 28.4. The van der Waals surface area contributed by atoms with Gasteiger partial charge in [-0.3, -0.25) is 24.0 Å². The second kappa shape index (κ2) is 46.2. The fraction of sp³-hybridized carbons (Fsp3) is 0.736. The van der Waals surface area contributed by atoms with Crippen LogP contribution in [0.4, 0.5) is 0 Å². The summed E-state index contributed by atoms with van der Waals surface area (Å²) >= 11 is 0. The van der Waals surface area contributed by atoms with E-state index in [0.29, 0.717) is 88.5 Å². The van der Waals surface area contributed by atoms with Gasteiger partial charge in [-0.1, -0.05) is 188 Å². The first-order valence-electron chi connectivity index (χ1n) is 57.2. The standard InChI is InChI=1S/C37H58O6Si.C30H42O4.C29H50O5Si.C29H40O5/c1-10-39-29-15-12-27(13-16-29)11-14-28-25-30(43-44(8,9)34(3,4)5)17-20-35(28,6)31-18-21-36(7)32(33(31)42-26(2)38)19-22-37(36)40-23-24-41-37;1-6-33-25-12-9-22(10-13-25)8-11-23-19-24(32)15-17-30(23,5)27-16-18-29(4)20(2)7-14-26(29)28(27)34-21(3)31;1-10-21-19-22(34-35(8,9)26(3,4)5)11-14-27(21,6)23-12-15-28(7)24(25(23)33-20(2)30)13-16-29(28)31-17-18-32-29;1-5-33-23-10-7-20(8-11-23)6-9-21-18-22(31)14-16-28(21,3)25-15-17-29(4)24(12-13-26(29)32)27(25)34-19(2)30/h11-16,28,30-33H,10,17-25H2,1-9H3;8-13,23-24,26-28,32H,2,6-7,14-19H2,1,3-5H3;10,21-25H,1,11-19H2,2-9H3;6-11,21-22,24-25,27,31H,5,12-18H2,1-4H3/b14-11+;11-8+;;9-6+/t28-,30-,31?,32?,33+,35-,36-;23-,24-,26?,27?,28-,29+,30-;21-,22-,23?,24?,25+,27-,28-;21-,22-,24?,25?,27-,28-,29-/m0000/s1. The van der Waals surface area contributed by atoms with E-state index in [9.17, 15) is 34.2 Å². The fourth-order valence-corrected chi connectivity index (χ4v) is 33.9. The van der Waals surface area contributed by atoms with Crippen molar-refractivity contribution in [3.05, 3.63) is 133 Å². The van der Waals surface area contributed by atoms with Crippen molar-refractivity contribution in [3.8, 4) is 17.2 Å². The third-order valence-electron chi connectivity index (χ3n) is 42.1. The predicted molar refractivity (Wildman–Crippen MR) is 588 cm³/mol. The Morgan fingerprint density at radius 2 is 0.673 bits per heavy atom. The number of rotatable bonds is 25. The molecule has 8 unspecified atom stereocenters. The monoisotopic (exact) mass is 2070 g/mol. The Hall–Kier alpha value is -6.58. The van der Waals surface area contributed by atoms with E-state index in [4.69, 9.17) is 61.0 Å². The molecule has 2 heterocycles. The van der Waals surface area contributed by atoms with Crippen LogP contribution in [0.25, 0.3) is 18.2 Å². The van der Waals surface area contributed by atoms with Gasteiger partial charge in [-0.25, -0.2) is 0 Å². The molecule has 22 heteroatoms. The SMILES string of the molecule is C=C1CCC2[C@H](OC(C)=O)C([C@@]3(C)CC[C@H](O)C[C@@H]3/C=C/c3ccc(OCC)cc3)CC[C@]12C.C=C[C@H]1C[C@@H](O[Si](C)(C)C(C)(C)C)CC[C@]1(C)C1CC[C@@]2(C)C(CCC23OCCO3)[C@@H]1OC(C)=O.CCOc1ccc(/C=C/[C@H]2C[C@@H](O)CC[C@]2(C)C2CC[C@]3(C)C(=O)CCC3[C@@H]2OC(C)=O)cc1.CCOc1ccc(/C=C/[C@H]2C[C@@H](O[Si](C)(C)C(C)(C)C)CC[C@]2(C)C2CC[C@@]3(C)C(CCC34OCCO4)[C@@H]2OC(C)=O)cc1. The van der Waals surface area contributed by atoms with Crippen LogP contribution in [-0.4, -0.2) is 163 Å². The number of hydrogen-bond donors (Lipinski definition) is 2. The Balaban J connectivity index is 0.000000156. The van der Waals surface area contributed by atoms with Crippen molar-refractivity contribution in [2.45, 2.75) is 422 Å². The van der Waals surface area contributed by atoms with Gasteiger partial charge in [0.2, 0.25) is 0 Å². The second-order valence-electron chi connectivity index (χ2n) is 52.2. The molecule has 0 radical (unpaired) electrons. The zero-order valence-corrected chi connectivity index (χ0v) is 96.9. The summed E-state index contributed by atoms with van der Waals surface area (Å²) in [5, 5.41) is 21.5. The summed E-state index contributed by atoms with van der Waals surface area (Å²) in [5.74, 6) is 4.03. The molecule has 0 amide bonds. The molecule has 12 saturated carbocycles. The number of benzene rings is 3. The maximum atomic E-state index is 12.8. The maximum Gasteiger partial charge on any atom is 0.302 e. The molecule has 3 aromatic rings. The van der Waals surface area contributed by atoms with Crippen molar-refractivity contribution in [2.75, 3.05) is 46.2 Å². The van der Waals surface area contributed by atoms with E-state index in [2.05, 4.69) is 227 Å². The number of ether oxygens (including phenoxy) is 11.